The maximum absolute atomic E-state index is 13.4. The van der Waals surface area contributed by atoms with Crippen molar-refractivity contribution in [3.05, 3.63) is 84.3 Å². The van der Waals surface area contributed by atoms with Crippen LogP contribution >= 0.6 is 0 Å². The van der Waals surface area contributed by atoms with E-state index in [0.29, 0.717) is 31.7 Å². The van der Waals surface area contributed by atoms with E-state index in [1.807, 2.05) is 49.5 Å². The molecule has 0 radical (unpaired) electrons. The number of rotatable bonds is 10. The normalized spacial score (nSPS) is 11.0. The highest BCUT2D eigenvalue weighted by Gasteiger charge is 2.11. The zero-order valence-corrected chi connectivity index (χ0v) is 18.6. The molecule has 4 rings (SSSR count). The lowest BCUT2D eigenvalue weighted by molar-refractivity contribution is -0.130. The molecule has 170 valence electrons. The van der Waals surface area contributed by atoms with Crippen LogP contribution in [0.5, 0.6) is 0 Å². The first-order valence-electron chi connectivity index (χ1n) is 11.1. The van der Waals surface area contributed by atoms with Crippen LogP contribution in [0, 0.1) is 5.82 Å². The summed E-state index contributed by atoms with van der Waals surface area (Å²) in [5, 5.41) is 7.26. The lowest BCUT2D eigenvalue weighted by Crippen LogP contribution is -2.27. The molecule has 2 aromatic carbocycles. The highest BCUT2D eigenvalue weighted by atomic mass is 19.1. The number of H-pyrrole nitrogens is 1. The van der Waals surface area contributed by atoms with Crippen molar-refractivity contribution in [3.8, 4) is 22.6 Å². The van der Waals surface area contributed by atoms with Crippen molar-refractivity contribution in [3.63, 3.8) is 0 Å². The van der Waals surface area contributed by atoms with Crippen LogP contribution < -0.4 is 0 Å². The topological polar surface area (TPSA) is 75.0 Å². The SMILES string of the molecule is CN(CCCc1cc(-c2cccc(F)c2)n[nH]1)C(=O)CCCc1ncc(-c2ccccc2)o1. The standard InChI is InChI=1S/C26H27FN4O2/c1-31(15-7-12-22-17-23(30-29-22)20-10-5-11-21(27)16-20)26(32)14-6-13-25-28-18-24(33-25)19-8-3-2-4-9-19/h2-5,8-11,16-18H,6-7,12-15H2,1H3,(H,29,30). The number of hydrogen-bond donors (Lipinski definition) is 1. The second-order valence-electron chi connectivity index (χ2n) is 8.05. The van der Waals surface area contributed by atoms with Gasteiger partial charge in [0.25, 0.3) is 0 Å². The quantitative estimate of drug-likeness (QED) is 0.359. The number of oxazole rings is 1. The molecule has 0 saturated carbocycles. The Balaban J connectivity index is 1.17. The molecule has 0 aliphatic rings. The number of halogens is 1. The van der Waals surface area contributed by atoms with Crippen LogP contribution in [0.3, 0.4) is 0 Å². The molecule has 0 aliphatic carbocycles. The average Bonchev–Trinajstić information content (AvgIpc) is 3.50. The van der Waals surface area contributed by atoms with Crippen LogP contribution in [0.4, 0.5) is 4.39 Å². The van der Waals surface area contributed by atoms with Gasteiger partial charge in [0.15, 0.2) is 11.7 Å². The van der Waals surface area contributed by atoms with Gasteiger partial charge in [-0.1, -0.05) is 42.5 Å². The Hall–Kier alpha value is -3.74. The van der Waals surface area contributed by atoms with Crippen molar-refractivity contribution >= 4 is 5.91 Å². The first kappa shape index (κ1) is 22.5. The summed E-state index contributed by atoms with van der Waals surface area (Å²) in [6, 6.07) is 18.1. The smallest absolute Gasteiger partial charge is 0.222 e. The van der Waals surface area contributed by atoms with Gasteiger partial charge in [0.2, 0.25) is 5.91 Å². The molecule has 6 nitrogen and oxygen atoms in total. The van der Waals surface area contributed by atoms with Gasteiger partial charge in [-0.15, -0.1) is 0 Å². The minimum Gasteiger partial charge on any atom is -0.441 e. The molecule has 0 unspecified atom stereocenters. The van der Waals surface area contributed by atoms with Gasteiger partial charge in [-0.05, 0) is 37.5 Å². The summed E-state index contributed by atoms with van der Waals surface area (Å²) in [4.78, 5) is 18.5. The van der Waals surface area contributed by atoms with Gasteiger partial charge < -0.3 is 9.32 Å². The minimum absolute atomic E-state index is 0.106. The number of nitrogens with zero attached hydrogens (tertiary/aromatic N) is 3. The molecule has 0 saturated heterocycles. The summed E-state index contributed by atoms with van der Waals surface area (Å²) >= 11 is 0. The summed E-state index contributed by atoms with van der Waals surface area (Å²) in [7, 11) is 1.83. The fourth-order valence-electron chi connectivity index (χ4n) is 3.66. The Labute approximate surface area is 192 Å². The number of carbonyl (C=O) groups is 1. The third kappa shape index (κ3) is 6.16. The number of amides is 1. The van der Waals surface area contributed by atoms with Gasteiger partial charge in [-0.25, -0.2) is 9.37 Å². The van der Waals surface area contributed by atoms with Gasteiger partial charge in [-0.3, -0.25) is 9.89 Å². The highest BCUT2D eigenvalue weighted by Crippen LogP contribution is 2.21. The van der Waals surface area contributed by atoms with E-state index in [0.717, 1.165) is 41.1 Å². The molecule has 4 aromatic rings. The second-order valence-corrected chi connectivity index (χ2v) is 8.05. The van der Waals surface area contributed by atoms with Crippen molar-refractivity contribution in [1.82, 2.24) is 20.1 Å². The van der Waals surface area contributed by atoms with Crippen molar-refractivity contribution in [2.24, 2.45) is 0 Å². The maximum Gasteiger partial charge on any atom is 0.222 e. The molecule has 1 amide bonds. The average molecular weight is 447 g/mol. The molecule has 0 fully saturated rings. The van der Waals surface area contributed by atoms with E-state index in [1.54, 1.807) is 17.2 Å². The third-order valence-corrected chi connectivity index (χ3v) is 5.51. The zero-order valence-electron chi connectivity index (χ0n) is 18.6. The largest absolute Gasteiger partial charge is 0.441 e. The molecule has 0 aliphatic heterocycles. The van der Waals surface area contributed by atoms with E-state index in [2.05, 4.69) is 15.2 Å². The molecule has 0 spiro atoms. The van der Waals surface area contributed by atoms with Crippen LogP contribution in [0.1, 0.15) is 30.8 Å². The number of benzene rings is 2. The number of carbonyl (C=O) groups excluding carboxylic acids is 1. The fourth-order valence-corrected chi connectivity index (χ4v) is 3.66. The van der Waals surface area contributed by atoms with Crippen LogP contribution in [-0.2, 0) is 17.6 Å². The van der Waals surface area contributed by atoms with Gasteiger partial charge in [0, 0.05) is 43.3 Å². The van der Waals surface area contributed by atoms with Crippen molar-refractivity contribution < 1.29 is 13.6 Å². The number of aromatic amines is 1. The molecule has 7 heteroatoms. The Morgan fingerprint density at radius 1 is 1.03 bits per heavy atom. The Bertz CT molecular complexity index is 1190. The molecule has 33 heavy (non-hydrogen) atoms. The van der Waals surface area contributed by atoms with Gasteiger partial charge in [-0.2, -0.15) is 5.10 Å². The molecule has 2 heterocycles. The Kier molecular flexibility index (Phi) is 7.29. The van der Waals surface area contributed by atoms with E-state index in [4.69, 9.17) is 4.42 Å². The first-order chi connectivity index (χ1) is 16.1. The predicted molar refractivity (Wildman–Crippen MR) is 125 cm³/mol. The molecule has 0 bridgehead atoms. The lowest BCUT2D eigenvalue weighted by Gasteiger charge is -2.16. The summed E-state index contributed by atoms with van der Waals surface area (Å²) in [5.41, 5.74) is 3.42. The van der Waals surface area contributed by atoms with Crippen LogP contribution in [0.25, 0.3) is 22.6 Å². The van der Waals surface area contributed by atoms with Gasteiger partial charge in [0.1, 0.15) is 5.82 Å². The van der Waals surface area contributed by atoms with Crippen molar-refractivity contribution in [2.75, 3.05) is 13.6 Å². The maximum atomic E-state index is 13.4. The molecule has 2 aromatic heterocycles. The van der Waals surface area contributed by atoms with Crippen molar-refractivity contribution in [1.29, 1.82) is 0 Å². The zero-order chi connectivity index (χ0) is 23.0. The Morgan fingerprint density at radius 3 is 2.67 bits per heavy atom. The first-order valence-corrected chi connectivity index (χ1v) is 11.1. The predicted octanol–water partition coefficient (Wildman–Crippen LogP) is 5.28. The lowest BCUT2D eigenvalue weighted by atomic mass is 10.1. The number of hydrogen-bond acceptors (Lipinski definition) is 4. The van der Waals surface area contributed by atoms with E-state index in [9.17, 15) is 9.18 Å². The van der Waals surface area contributed by atoms with Gasteiger partial charge >= 0.3 is 0 Å². The molecule has 0 atom stereocenters. The van der Waals surface area contributed by atoms with Crippen LogP contribution in [0.2, 0.25) is 0 Å². The second kappa shape index (κ2) is 10.7. The van der Waals surface area contributed by atoms with Crippen LogP contribution in [0.15, 0.2) is 71.3 Å². The summed E-state index contributed by atoms with van der Waals surface area (Å²) in [6.45, 7) is 0.657. The van der Waals surface area contributed by atoms with Crippen LogP contribution in [-0.4, -0.2) is 39.6 Å². The molecule has 1 N–H and O–H groups in total. The van der Waals surface area contributed by atoms with E-state index in [-0.39, 0.29) is 11.7 Å². The molecular formula is C26H27FN4O2. The summed E-state index contributed by atoms with van der Waals surface area (Å²) in [6.07, 6.45) is 5.08. The molecular weight excluding hydrogens is 419 g/mol. The highest BCUT2D eigenvalue weighted by molar-refractivity contribution is 5.75. The summed E-state index contributed by atoms with van der Waals surface area (Å²) in [5.74, 6) is 1.22. The third-order valence-electron chi connectivity index (χ3n) is 5.51. The number of aromatic nitrogens is 3. The number of nitrogens with one attached hydrogen (secondary N) is 1. The summed E-state index contributed by atoms with van der Waals surface area (Å²) < 4.78 is 19.2. The van der Waals surface area contributed by atoms with E-state index >= 15 is 0 Å². The van der Waals surface area contributed by atoms with E-state index < -0.39 is 0 Å². The monoisotopic (exact) mass is 446 g/mol. The fraction of sp³-hybridized carbons (Fsp3) is 0.269. The number of aryl methyl sites for hydroxylation is 2. The van der Waals surface area contributed by atoms with Crippen molar-refractivity contribution in [2.45, 2.75) is 32.1 Å². The Morgan fingerprint density at radius 2 is 1.85 bits per heavy atom. The van der Waals surface area contributed by atoms with Gasteiger partial charge in [0.05, 0.1) is 11.9 Å². The van der Waals surface area contributed by atoms with E-state index in [1.165, 1.54) is 12.1 Å². The minimum atomic E-state index is -0.281.